The zero-order chi connectivity index (χ0) is 17.4. The minimum atomic E-state index is -0.262. The van der Waals surface area contributed by atoms with E-state index in [1.165, 1.54) is 12.3 Å². The van der Waals surface area contributed by atoms with Crippen LogP contribution in [-0.2, 0) is 4.74 Å². The van der Waals surface area contributed by atoms with Crippen LogP contribution in [0.1, 0.15) is 40.1 Å². The molecule has 7 nitrogen and oxygen atoms in total. The van der Waals surface area contributed by atoms with Crippen LogP contribution in [0.3, 0.4) is 0 Å². The van der Waals surface area contributed by atoms with Gasteiger partial charge in [-0.3, -0.25) is 14.6 Å². The topological polar surface area (TPSA) is 83.6 Å². The highest BCUT2D eigenvalue weighted by molar-refractivity contribution is 5.98. The maximum Gasteiger partial charge on any atom is 0.269 e. The van der Waals surface area contributed by atoms with Crippen LogP contribution in [0, 0.1) is 0 Å². The van der Waals surface area contributed by atoms with Gasteiger partial charge in [0, 0.05) is 31.5 Å². The normalized spacial score (nSPS) is 17.0. The number of aromatic nitrogens is 1. The Hall–Kier alpha value is -1.99. The fourth-order valence-electron chi connectivity index (χ4n) is 2.50. The van der Waals surface area contributed by atoms with Gasteiger partial charge in [0.2, 0.25) is 0 Å². The van der Waals surface area contributed by atoms with Crippen molar-refractivity contribution in [3.8, 4) is 0 Å². The molecule has 132 valence electrons. The third kappa shape index (κ3) is 5.90. The zero-order valence-corrected chi connectivity index (χ0v) is 14.4. The van der Waals surface area contributed by atoms with Gasteiger partial charge in [0.25, 0.3) is 11.8 Å². The molecule has 1 unspecified atom stereocenters. The molecule has 0 radical (unpaired) electrons. The van der Waals surface area contributed by atoms with Gasteiger partial charge in [-0.25, -0.2) is 0 Å². The SMILES string of the molecule is CN(C)CCCNC(=O)c1cc(C(=O)NCC2CCCO2)ccn1. The van der Waals surface area contributed by atoms with Gasteiger partial charge in [-0.05, 0) is 52.0 Å². The summed E-state index contributed by atoms with van der Waals surface area (Å²) in [5, 5.41) is 5.66. The van der Waals surface area contributed by atoms with Crippen molar-refractivity contribution in [1.82, 2.24) is 20.5 Å². The number of hydrogen-bond donors (Lipinski definition) is 2. The van der Waals surface area contributed by atoms with Gasteiger partial charge in [-0.1, -0.05) is 0 Å². The molecule has 2 rings (SSSR count). The van der Waals surface area contributed by atoms with Crippen LogP contribution < -0.4 is 10.6 Å². The van der Waals surface area contributed by atoms with E-state index in [1.807, 2.05) is 14.1 Å². The molecule has 1 saturated heterocycles. The number of pyridine rings is 1. The Morgan fingerprint density at radius 2 is 2.17 bits per heavy atom. The van der Waals surface area contributed by atoms with E-state index in [4.69, 9.17) is 4.74 Å². The Balaban J connectivity index is 1.83. The first-order chi connectivity index (χ1) is 11.6. The van der Waals surface area contributed by atoms with E-state index in [-0.39, 0.29) is 23.6 Å². The van der Waals surface area contributed by atoms with Crippen LogP contribution in [0.15, 0.2) is 18.3 Å². The Morgan fingerprint density at radius 1 is 1.33 bits per heavy atom. The summed E-state index contributed by atoms with van der Waals surface area (Å²) in [4.78, 5) is 30.4. The zero-order valence-electron chi connectivity index (χ0n) is 14.4. The molecular formula is C17H26N4O3. The summed E-state index contributed by atoms with van der Waals surface area (Å²) in [5.41, 5.74) is 0.686. The maximum atomic E-state index is 12.2. The summed E-state index contributed by atoms with van der Waals surface area (Å²) in [6, 6.07) is 3.12. The average molecular weight is 334 g/mol. The highest BCUT2D eigenvalue weighted by Crippen LogP contribution is 2.11. The lowest BCUT2D eigenvalue weighted by molar-refractivity contribution is 0.0857. The third-order valence-electron chi connectivity index (χ3n) is 3.84. The standard InChI is InChI=1S/C17H26N4O3/c1-21(2)9-4-7-19-17(23)15-11-13(6-8-18-15)16(22)20-12-14-5-3-10-24-14/h6,8,11,14H,3-5,7,9-10,12H2,1-2H3,(H,19,23)(H,20,22). The molecule has 0 spiro atoms. The summed E-state index contributed by atoms with van der Waals surface area (Å²) in [7, 11) is 3.98. The number of carbonyl (C=O) groups is 2. The molecule has 2 N–H and O–H groups in total. The second-order valence-electron chi connectivity index (χ2n) is 6.19. The predicted molar refractivity (Wildman–Crippen MR) is 91.0 cm³/mol. The molecule has 1 aromatic rings. The van der Waals surface area contributed by atoms with Gasteiger partial charge in [0.05, 0.1) is 6.10 Å². The minimum absolute atomic E-state index is 0.0928. The highest BCUT2D eigenvalue weighted by Gasteiger charge is 2.17. The van der Waals surface area contributed by atoms with Crippen LogP contribution >= 0.6 is 0 Å². The fraction of sp³-hybridized carbons (Fsp3) is 0.588. The van der Waals surface area contributed by atoms with E-state index in [0.29, 0.717) is 18.7 Å². The summed E-state index contributed by atoms with van der Waals surface area (Å²) in [6.07, 6.45) is 4.44. The summed E-state index contributed by atoms with van der Waals surface area (Å²) in [6.45, 7) is 2.73. The largest absolute Gasteiger partial charge is 0.376 e. The van der Waals surface area contributed by atoms with Crippen LogP contribution in [0.5, 0.6) is 0 Å². The molecule has 2 amide bonds. The Morgan fingerprint density at radius 3 is 2.88 bits per heavy atom. The number of amides is 2. The number of ether oxygens (including phenoxy) is 1. The average Bonchev–Trinajstić information content (AvgIpc) is 3.10. The second kappa shape index (κ2) is 9.34. The number of nitrogens with zero attached hydrogens (tertiary/aromatic N) is 2. The number of nitrogens with one attached hydrogen (secondary N) is 2. The van der Waals surface area contributed by atoms with E-state index in [2.05, 4.69) is 20.5 Å². The Kier molecular flexibility index (Phi) is 7.14. The van der Waals surface area contributed by atoms with Crippen molar-refractivity contribution in [2.75, 3.05) is 40.3 Å². The molecule has 0 aromatic carbocycles. The molecule has 1 aliphatic rings. The first-order valence-electron chi connectivity index (χ1n) is 8.35. The third-order valence-corrected chi connectivity index (χ3v) is 3.84. The molecule has 1 atom stereocenters. The van der Waals surface area contributed by atoms with Crippen molar-refractivity contribution in [3.63, 3.8) is 0 Å². The minimum Gasteiger partial charge on any atom is -0.376 e. The quantitative estimate of drug-likeness (QED) is 0.683. The van der Waals surface area contributed by atoms with Crippen molar-refractivity contribution in [1.29, 1.82) is 0 Å². The van der Waals surface area contributed by atoms with E-state index in [9.17, 15) is 9.59 Å². The Labute approximate surface area is 142 Å². The molecule has 0 saturated carbocycles. The summed E-state index contributed by atoms with van der Waals surface area (Å²) < 4.78 is 5.48. The van der Waals surface area contributed by atoms with Crippen molar-refractivity contribution in [2.24, 2.45) is 0 Å². The van der Waals surface area contributed by atoms with Gasteiger partial charge >= 0.3 is 0 Å². The molecule has 1 fully saturated rings. The van der Waals surface area contributed by atoms with E-state index < -0.39 is 0 Å². The van der Waals surface area contributed by atoms with Gasteiger partial charge in [0.1, 0.15) is 5.69 Å². The molecule has 2 heterocycles. The van der Waals surface area contributed by atoms with Crippen molar-refractivity contribution < 1.29 is 14.3 Å². The van der Waals surface area contributed by atoms with Crippen LogP contribution in [-0.4, -0.2) is 68.1 Å². The van der Waals surface area contributed by atoms with Gasteiger partial charge in [-0.15, -0.1) is 0 Å². The maximum absolute atomic E-state index is 12.2. The number of rotatable bonds is 8. The molecule has 1 aromatic heterocycles. The Bertz CT molecular complexity index is 557. The number of carbonyl (C=O) groups excluding carboxylic acids is 2. The monoisotopic (exact) mass is 334 g/mol. The van der Waals surface area contributed by atoms with Gasteiger partial charge in [0.15, 0.2) is 0 Å². The first kappa shape index (κ1) is 18.4. The van der Waals surface area contributed by atoms with Gasteiger partial charge in [-0.2, -0.15) is 0 Å². The van der Waals surface area contributed by atoms with E-state index >= 15 is 0 Å². The summed E-state index contributed by atoms with van der Waals surface area (Å²) in [5.74, 6) is -0.475. The predicted octanol–water partition coefficient (Wildman–Crippen LogP) is 0.672. The highest BCUT2D eigenvalue weighted by atomic mass is 16.5. The fourth-order valence-corrected chi connectivity index (χ4v) is 2.50. The molecule has 24 heavy (non-hydrogen) atoms. The smallest absolute Gasteiger partial charge is 0.269 e. The molecule has 1 aliphatic heterocycles. The lowest BCUT2D eigenvalue weighted by Gasteiger charge is -2.11. The van der Waals surface area contributed by atoms with Crippen molar-refractivity contribution in [2.45, 2.75) is 25.4 Å². The van der Waals surface area contributed by atoms with Crippen molar-refractivity contribution in [3.05, 3.63) is 29.6 Å². The van der Waals surface area contributed by atoms with Crippen LogP contribution in [0.4, 0.5) is 0 Å². The van der Waals surface area contributed by atoms with Gasteiger partial charge < -0.3 is 20.3 Å². The van der Waals surface area contributed by atoms with E-state index in [0.717, 1.165) is 32.4 Å². The van der Waals surface area contributed by atoms with Crippen LogP contribution in [0.2, 0.25) is 0 Å². The lowest BCUT2D eigenvalue weighted by Crippen LogP contribution is -2.32. The second-order valence-corrected chi connectivity index (χ2v) is 6.19. The first-order valence-corrected chi connectivity index (χ1v) is 8.35. The molecular weight excluding hydrogens is 308 g/mol. The van der Waals surface area contributed by atoms with Crippen molar-refractivity contribution >= 4 is 11.8 Å². The molecule has 0 bridgehead atoms. The lowest BCUT2D eigenvalue weighted by atomic mass is 10.2. The summed E-state index contributed by atoms with van der Waals surface area (Å²) >= 11 is 0. The molecule has 0 aliphatic carbocycles. The van der Waals surface area contributed by atoms with E-state index in [1.54, 1.807) is 6.07 Å². The molecule has 7 heteroatoms. The number of hydrogen-bond acceptors (Lipinski definition) is 5. The van der Waals surface area contributed by atoms with Crippen LogP contribution in [0.25, 0.3) is 0 Å².